The van der Waals surface area contributed by atoms with E-state index in [0.29, 0.717) is 0 Å². The maximum absolute atomic E-state index is 14.1. The van der Waals surface area contributed by atoms with Crippen LogP contribution in [0.4, 0.5) is 15.0 Å². The van der Waals surface area contributed by atoms with Crippen molar-refractivity contribution in [1.29, 1.82) is 0 Å². The Morgan fingerprint density at radius 1 is 1.47 bits per heavy atom. The summed E-state index contributed by atoms with van der Waals surface area (Å²) in [5, 5.41) is 21.5. The highest BCUT2D eigenvalue weighted by Gasteiger charge is 2.49. The van der Waals surface area contributed by atoms with Crippen LogP contribution in [-0.4, -0.2) is 72.2 Å². The molecule has 2 saturated heterocycles. The van der Waals surface area contributed by atoms with Crippen molar-refractivity contribution < 1.29 is 43.2 Å². The van der Waals surface area contributed by atoms with Crippen LogP contribution in [0.2, 0.25) is 0 Å². The molecule has 4 atom stereocenters. The number of halogens is 1. The van der Waals surface area contributed by atoms with Crippen LogP contribution in [0.25, 0.3) is 11.2 Å². The summed E-state index contributed by atoms with van der Waals surface area (Å²) in [6.07, 6.45) is 0.686. The maximum Gasteiger partial charge on any atom is 0.505 e. The molecule has 3 N–H and O–H groups in total. The number of carbonyl (C=O) groups is 3. The number of amides is 1. The smallest absolute Gasteiger partial charge is 0.452 e. The highest BCUT2D eigenvalue weighted by molar-refractivity contribution is 6.00. The summed E-state index contributed by atoms with van der Waals surface area (Å²) in [5.74, 6) is 0.733. The summed E-state index contributed by atoms with van der Waals surface area (Å²) in [7, 11) is 0. The Hall–Kier alpha value is -3.83. The van der Waals surface area contributed by atoms with Crippen LogP contribution >= 0.6 is 0 Å². The number of rotatable bonds is 5. The third-order valence-corrected chi connectivity index (χ3v) is 5.09. The Morgan fingerprint density at radius 2 is 2.25 bits per heavy atom. The van der Waals surface area contributed by atoms with Crippen LogP contribution in [0, 0.1) is 18.4 Å². The van der Waals surface area contributed by atoms with E-state index in [4.69, 9.17) is 21.0 Å². The van der Waals surface area contributed by atoms with Crippen molar-refractivity contribution in [2.75, 3.05) is 11.9 Å². The lowest BCUT2D eigenvalue weighted by atomic mass is 9.99. The minimum absolute atomic E-state index is 0.00200. The summed E-state index contributed by atoms with van der Waals surface area (Å²) < 4.78 is 30.4. The van der Waals surface area contributed by atoms with Gasteiger partial charge in [-0.3, -0.25) is 14.2 Å². The number of nitrogens with zero attached hydrogens (tertiary/aromatic N) is 4. The van der Waals surface area contributed by atoms with Gasteiger partial charge in [-0.2, -0.15) is 14.4 Å². The van der Waals surface area contributed by atoms with E-state index in [1.54, 1.807) is 0 Å². The summed E-state index contributed by atoms with van der Waals surface area (Å²) in [5.41, 5.74) is -1.85. The number of carbonyl (C=O) groups excluding carboxylic acids is 2. The number of fused-ring (bicyclic) bond motifs is 1. The van der Waals surface area contributed by atoms with E-state index in [9.17, 15) is 23.9 Å². The number of ether oxygens (including phenoxy) is 3. The number of aliphatic hydroxyl groups is 1. The average Bonchev–Trinajstić information content (AvgIpc) is 3.43. The third-order valence-electron chi connectivity index (χ3n) is 5.09. The van der Waals surface area contributed by atoms with Gasteiger partial charge in [-0.15, -0.1) is 6.42 Å². The number of anilines is 1. The van der Waals surface area contributed by atoms with Crippen LogP contribution in [-0.2, 0) is 23.8 Å². The van der Waals surface area contributed by atoms with Crippen molar-refractivity contribution in [3.63, 3.8) is 0 Å². The SMILES string of the molecule is C#C[C@]1(COC(=O)O)O[C@@H](n2cnc3c(NC(=O)C4CCC(=O)O4)nc(F)nc32)C[C@@H]1O. The molecule has 0 saturated carbocycles. The number of hydrogen-bond donors (Lipinski definition) is 3. The normalized spacial score (nSPS) is 27.2. The molecule has 2 aliphatic heterocycles. The van der Waals surface area contributed by atoms with Crippen molar-refractivity contribution in [2.24, 2.45) is 0 Å². The number of hydrogen-bond acceptors (Lipinski definition) is 10. The minimum Gasteiger partial charge on any atom is -0.452 e. The second kappa shape index (κ2) is 8.02. The van der Waals surface area contributed by atoms with Crippen molar-refractivity contribution in [2.45, 2.75) is 43.3 Å². The first kappa shape index (κ1) is 21.4. The maximum atomic E-state index is 14.1. The van der Waals surface area contributed by atoms with Crippen LogP contribution in [0.1, 0.15) is 25.5 Å². The monoisotopic (exact) mass is 449 g/mol. The van der Waals surface area contributed by atoms with Gasteiger partial charge in [0.05, 0.1) is 6.33 Å². The van der Waals surface area contributed by atoms with Crippen molar-refractivity contribution >= 4 is 35.0 Å². The fourth-order valence-electron chi connectivity index (χ4n) is 3.49. The molecule has 4 heterocycles. The number of aliphatic hydroxyl groups excluding tert-OH is 1. The molecule has 13 nitrogen and oxygen atoms in total. The van der Waals surface area contributed by atoms with Gasteiger partial charge < -0.3 is 29.7 Å². The molecule has 2 fully saturated rings. The van der Waals surface area contributed by atoms with Crippen molar-refractivity contribution in [3.05, 3.63) is 12.4 Å². The van der Waals surface area contributed by atoms with E-state index in [1.165, 1.54) is 10.9 Å². The van der Waals surface area contributed by atoms with E-state index in [-0.39, 0.29) is 36.2 Å². The summed E-state index contributed by atoms with van der Waals surface area (Å²) in [4.78, 5) is 45.6. The fourth-order valence-corrected chi connectivity index (χ4v) is 3.49. The van der Waals surface area contributed by atoms with E-state index < -0.39 is 54.8 Å². The number of terminal acetylenes is 1. The summed E-state index contributed by atoms with van der Waals surface area (Å²) in [6, 6.07) is 0. The largest absolute Gasteiger partial charge is 0.505 e. The molecule has 0 bridgehead atoms. The van der Waals surface area contributed by atoms with Crippen LogP contribution in [0.3, 0.4) is 0 Å². The first-order chi connectivity index (χ1) is 15.2. The zero-order valence-corrected chi connectivity index (χ0v) is 16.2. The van der Waals surface area contributed by atoms with Gasteiger partial charge in [-0.1, -0.05) is 5.92 Å². The van der Waals surface area contributed by atoms with Gasteiger partial charge in [0.2, 0.25) is 0 Å². The van der Waals surface area contributed by atoms with Gasteiger partial charge in [0.1, 0.15) is 18.9 Å². The van der Waals surface area contributed by atoms with Crippen molar-refractivity contribution in [1.82, 2.24) is 19.5 Å². The standard InChI is InChI=1S/C18H16FN5O8/c1-2-18(6-30-17(28)29)9(25)5-10(32-18)24-7-20-12-13(22-16(19)23-14(12)24)21-15(27)8-3-4-11(26)31-8/h1,7-10,25H,3-6H2,(H,28,29)(H,21,22,23,27)/t8?,9-,10+,18+/m0/s1. The molecule has 0 aliphatic carbocycles. The second-order valence-electron chi connectivity index (χ2n) is 7.08. The molecule has 0 aromatic carbocycles. The Kier molecular flexibility index (Phi) is 5.36. The Bertz CT molecular complexity index is 1150. The number of nitrogens with one attached hydrogen (secondary N) is 1. The van der Waals surface area contributed by atoms with Crippen LogP contribution in [0.5, 0.6) is 0 Å². The predicted molar refractivity (Wildman–Crippen MR) is 99.3 cm³/mol. The Balaban J connectivity index is 1.61. The van der Waals surface area contributed by atoms with Gasteiger partial charge in [0, 0.05) is 19.3 Å². The zero-order valence-electron chi connectivity index (χ0n) is 16.2. The molecule has 0 radical (unpaired) electrons. The van der Waals surface area contributed by atoms with E-state index in [0.717, 1.165) is 0 Å². The predicted octanol–water partition coefficient (Wildman–Crippen LogP) is -0.0441. The topological polar surface area (TPSA) is 175 Å². The Labute approximate surface area is 178 Å². The zero-order chi connectivity index (χ0) is 23.0. The molecule has 14 heteroatoms. The molecule has 1 unspecified atom stereocenters. The number of imidazole rings is 1. The quantitative estimate of drug-likeness (QED) is 0.317. The molecule has 168 valence electrons. The lowest BCUT2D eigenvalue weighted by Gasteiger charge is -2.25. The number of cyclic esters (lactones) is 1. The molecule has 2 aliphatic rings. The third kappa shape index (κ3) is 3.79. The van der Waals surface area contributed by atoms with Crippen molar-refractivity contribution in [3.8, 4) is 12.3 Å². The van der Waals surface area contributed by atoms with E-state index >= 15 is 0 Å². The molecule has 0 spiro atoms. The Morgan fingerprint density at radius 3 is 2.91 bits per heavy atom. The molecular weight excluding hydrogens is 433 g/mol. The van der Waals surface area contributed by atoms with E-state index in [2.05, 4.69) is 30.9 Å². The van der Waals surface area contributed by atoms with E-state index in [1.807, 2.05) is 0 Å². The molecule has 2 aromatic heterocycles. The highest BCUT2D eigenvalue weighted by Crippen LogP contribution is 2.38. The summed E-state index contributed by atoms with van der Waals surface area (Å²) >= 11 is 0. The van der Waals surface area contributed by atoms with Gasteiger partial charge in [-0.25, -0.2) is 9.78 Å². The van der Waals surface area contributed by atoms with Crippen LogP contribution in [0.15, 0.2) is 6.33 Å². The average molecular weight is 449 g/mol. The van der Waals surface area contributed by atoms with Gasteiger partial charge >= 0.3 is 18.2 Å². The lowest BCUT2D eigenvalue weighted by Crippen LogP contribution is -2.43. The van der Waals surface area contributed by atoms with Gasteiger partial charge in [-0.05, 0) is 0 Å². The summed E-state index contributed by atoms with van der Waals surface area (Å²) in [6.45, 7) is -0.631. The molecule has 32 heavy (non-hydrogen) atoms. The highest BCUT2D eigenvalue weighted by atomic mass is 19.1. The first-order valence-electron chi connectivity index (χ1n) is 9.32. The molecule has 4 rings (SSSR count). The number of carboxylic acid groups (broad SMARTS) is 1. The fraction of sp³-hybridized carbons (Fsp3) is 0.444. The van der Waals surface area contributed by atoms with Crippen LogP contribution < -0.4 is 5.32 Å². The lowest BCUT2D eigenvalue weighted by molar-refractivity contribution is -0.146. The first-order valence-corrected chi connectivity index (χ1v) is 9.32. The number of esters is 1. The number of aromatic nitrogens is 4. The molecule has 1 amide bonds. The second-order valence-corrected chi connectivity index (χ2v) is 7.08. The molecular formula is C18H16FN5O8. The molecule has 2 aromatic rings. The van der Waals surface area contributed by atoms with Gasteiger partial charge in [0.25, 0.3) is 5.91 Å². The van der Waals surface area contributed by atoms with Gasteiger partial charge in [0.15, 0.2) is 28.7 Å². The minimum atomic E-state index is -1.77.